The molecule has 1 saturated carbocycles. The van der Waals surface area contributed by atoms with Crippen LogP contribution >= 0.6 is 0 Å². The van der Waals surface area contributed by atoms with Crippen LogP contribution in [0.4, 0.5) is 4.39 Å². The molecular weight excluding hydrogens is 223 g/mol. The van der Waals surface area contributed by atoms with Gasteiger partial charge in [-0.2, -0.15) is 0 Å². The molecule has 0 aliphatic heterocycles. The third-order valence-corrected chi connectivity index (χ3v) is 2.79. The second kappa shape index (κ2) is 5.47. The largest absolute Gasteiger partial charge is 0.464 e. The van der Waals surface area contributed by atoms with E-state index in [1.54, 1.807) is 13.0 Å². The quantitative estimate of drug-likeness (QED) is 0.613. The van der Waals surface area contributed by atoms with Gasteiger partial charge in [0.15, 0.2) is 18.4 Å². The molecule has 0 heterocycles. The lowest BCUT2D eigenvalue weighted by atomic mass is 10.1. The summed E-state index contributed by atoms with van der Waals surface area (Å²) in [6.45, 7) is 2.35. The molecule has 1 aromatic carbocycles. The van der Waals surface area contributed by atoms with Crippen LogP contribution in [0, 0.1) is 11.7 Å². The van der Waals surface area contributed by atoms with Gasteiger partial charge in [0.05, 0.1) is 12.7 Å². The summed E-state index contributed by atoms with van der Waals surface area (Å²) in [4.78, 5) is 0. The molecule has 17 heavy (non-hydrogen) atoms. The number of aliphatic hydroxyl groups is 1. The minimum Gasteiger partial charge on any atom is -0.464 e. The number of ether oxygens (including phenoxy) is 2. The molecule has 3 nitrogen and oxygen atoms in total. The first-order valence-electron chi connectivity index (χ1n) is 5.85. The van der Waals surface area contributed by atoms with Gasteiger partial charge in [0.25, 0.3) is 0 Å². The molecular formula is C13H17FO3. The van der Waals surface area contributed by atoms with Crippen LogP contribution in [0.1, 0.15) is 31.4 Å². The maximum absolute atomic E-state index is 13.5. The van der Waals surface area contributed by atoms with Gasteiger partial charge in [-0.15, -0.1) is 0 Å². The molecule has 0 radical (unpaired) electrons. The average Bonchev–Trinajstić information content (AvgIpc) is 3.09. The van der Waals surface area contributed by atoms with Gasteiger partial charge < -0.3 is 14.6 Å². The zero-order chi connectivity index (χ0) is 12.3. The van der Waals surface area contributed by atoms with Crippen LogP contribution in [0.2, 0.25) is 0 Å². The van der Waals surface area contributed by atoms with Crippen molar-refractivity contribution >= 4 is 0 Å². The van der Waals surface area contributed by atoms with Crippen molar-refractivity contribution in [3.63, 3.8) is 0 Å². The van der Waals surface area contributed by atoms with Crippen molar-refractivity contribution in [2.75, 3.05) is 13.4 Å². The smallest absolute Gasteiger partial charge is 0.189 e. The molecule has 0 amide bonds. The Bertz CT molecular complexity index is 375. The van der Waals surface area contributed by atoms with Crippen LogP contribution in [0.5, 0.6) is 5.75 Å². The number of rotatable bonds is 6. The highest BCUT2D eigenvalue weighted by molar-refractivity contribution is 5.30. The molecule has 1 aliphatic rings. The summed E-state index contributed by atoms with van der Waals surface area (Å²) in [6, 6.07) is 4.43. The van der Waals surface area contributed by atoms with Gasteiger partial charge in [-0.05, 0) is 43.4 Å². The van der Waals surface area contributed by atoms with Gasteiger partial charge in [0.2, 0.25) is 0 Å². The van der Waals surface area contributed by atoms with E-state index in [4.69, 9.17) is 9.47 Å². The third-order valence-electron chi connectivity index (χ3n) is 2.79. The molecule has 94 valence electrons. The molecule has 0 bridgehead atoms. The van der Waals surface area contributed by atoms with Crippen molar-refractivity contribution in [2.24, 2.45) is 5.92 Å². The molecule has 0 spiro atoms. The summed E-state index contributed by atoms with van der Waals surface area (Å²) >= 11 is 0. The molecule has 1 aliphatic carbocycles. The molecule has 2 rings (SSSR count). The molecule has 1 aromatic rings. The Morgan fingerprint density at radius 3 is 2.82 bits per heavy atom. The predicted octanol–water partition coefficient (Wildman–Crippen LogP) is 2.64. The van der Waals surface area contributed by atoms with Gasteiger partial charge in [-0.1, -0.05) is 6.07 Å². The first-order valence-corrected chi connectivity index (χ1v) is 5.85. The summed E-state index contributed by atoms with van der Waals surface area (Å²) in [5, 5.41) is 9.29. The lowest BCUT2D eigenvalue weighted by Crippen LogP contribution is -2.06. The molecule has 1 unspecified atom stereocenters. The van der Waals surface area contributed by atoms with Crippen molar-refractivity contribution in [1.29, 1.82) is 0 Å². The second-order valence-corrected chi connectivity index (χ2v) is 4.44. The Kier molecular flexibility index (Phi) is 3.97. The topological polar surface area (TPSA) is 38.7 Å². The van der Waals surface area contributed by atoms with E-state index in [0.717, 1.165) is 0 Å². The summed E-state index contributed by atoms with van der Waals surface area (Å²) < 4.78 is 23.9. The Morgan fingerprint density at radius 2 is 2.24 bits per heavy atom. The van der Waals surface area contributed by atoms with E-state index in [2.05, 4.69) is 0 Å². The van der Waals surface area contributed by atoms with Gasteiger partial charge in [0, 0.05) is 0 Å². The van der Waals surface area contributed by atoms with Gasteiger partial charge in [0.1, 0.15) is 0 Å². The van der Waals surface area contributed by atoms with Gasteiger partial charge in [-0.25, -0.2) is 4.39 Å². The Morgan fingerprint density at radius 1 is 1.47 bits per heavy atom. The van der Waals surface area contributed by atoms with E-state index in [0.29, 0.717) is 18.1 Å². The van der Waals surface area contributed by atoms with E-state index in [9.17, 15) is 9.50 Å². The third kappa shape index (κ3) is 3.68. The van der Waals surface area contributed by atoms with Crippen LogP contribution in [0.25, 0.3) is 0 Å². The molecule has 0 saturated heterocycles. The zero-order valence-electron chi connectivity index (χ0n) is 9.86. The Balaban J connectivity index is 1.82. The number of hydrogen-bond donors (Lipinski definition) is 1. The SMILES string of the molecule is CC(O)c1ccc(OCOCC2CC2)c(F)c1. The fourth-order valence-corrected chi connectivity index (χ4v) is 1.50. The minimum atomic E-state index is -0.676. The number of aliphatic hydroxyl groups excluding tert-OH is 1. The number of hydrogen-bond acceptors (Lipinski definition) is 3. The summed E-state index contributed by atoms with van der Waals surface area (Å²) in [6.07, 6.45) is 1.76. The first-order chi connectivity index (χ1) is 8.16. The number of halogens is 1. The fourth-order valence-electron chi connectivity index (χ4n) is 1.50. The van der Waals surface area contributed by atoms with E-state index in [1.807, 2.05) is 0 Å². The van der Waals surface area contributed by atoms with Crippen molar-refractivity contribution < 1.29 is 19.0 Å². The van der Waals surface area contributed by atoms with E-state index in [-0.39, 0.29) is 12.5 Å². The monoisotopic (exact) mass is 240 g/mol. The van der Waals surface area contributed by atoms with Crippen LogP contribution in [0.15, 0.2) is 18.2 Å². The van der Waals surface area contributed by atoms with Crippen molar-refractivity contribution in [1.82, 2.24) is 0 Å². The highest BCUT2D eigenvalue weighted by Crippen LogP contribution is 2.29. The molecule has 4 heteroatoms. The van der Waals surface area contributed by atoms with Gasteiger partial charge >= 0.3 is 0 Å². The minimum absolute atomic E-state index is 0.0709. The fraction of sp³-hybridized carbons (Fsp3) is 0.538. The summed E-state index contributed by atoms with van der Waals surface area (Å²) in [5.74, 6) is 0.352. The second-order valence-electron chi connectivity index (χ2n) is 4.44. The highest BCUT2D eigenvalue weighted by atomic mass is 19.1. The lowest BCUT2D eigenvalue weighted by Gasteiger charge is -2.10. The summed E-state index contributed by atoms with van der Waals surface area (Å²) in [7, 11) is 0. The van der Waals surface area contributed by atoms with Crippen molar-refractivity contribution in [3.05, 3.63) is 29.6 Å². The van der Waals surface area contributed by atoms with Crippen molar-refractivity contribution in [2.45, 2.75) is 25.9 Å². The normalized spacial score (nSPS) is 16.9. The number of benzene rings is 1. The lowest BCUT2D eigenvalue weighted by molar-refractivity contribution is 0.00788. The van der Waals surface area contributed by atoms with E-state index >= 15 is 0 Å². The van der Waals surface area contributed by atoms with E-state index < -0.39 is 11.9 Å². The molecule has 1 N–H and O–H groups in total. The molecule has 0 aromatic heterocycles. The standard InChI is InChI=1S/C13H17FO3/c1-9(15)11-4-5-13(12(14)6-11)17-8-16-7-10-2-3-10/h4-6,9-10,15H,2-3,7-8H2,1H3. The van der Waals surface area contributed by atoms with Crippen LogP contribution < -0.4 is 4.74 Å². The maximum Gasteiger partial charge on any atom is 0.189 e. The zero-order valence-corrected chi connectivity index (χ0v) is 9.86. The molecule has 1 atom stereocenters. The first kappa shape index (κ1) is 12.3. The van der Waals surface area contributed by atoms with Crippen LogP contribution in [-0.2, 0) is 4.74 Å². The van der Waals surface area contributed by atoms with Crippen LogP contribution in [0.3, 0.4) is 0 Å². The van der Waals surface area contributed by atoms with Gasteiger partial charge in [-0.3, -0.25) is 0 Å². The van der Waals surface area contributed by atoms with Crippen molar-refractivity contribution in [3.8, 4) is 5.75 Å². The predicted molar refractivity (Wildman–Crippen MR) is 61.2 cm³/mol. The Hall–Kier alpha value is -1.13. The summed E-state index contributed by atoms with van der Waals surface area (Å²) in [5.41, 5.74) is 0.536. The average molecular weight is 240 g/mol. The molecule has 1 fully saturated rings. The highest BCUT2D eigenvalue weighted by Gasteiger charge is 2.21. The Labute approximate surface area is 100 Å². The van der Waals surface area contributed by atoms with E-state index in [1.165, 1.54) is 25.0 Å². The maximum atomic E-state index is 13.5. The van der Waals surface area contributed by atoms with Crippen LogP contribution in [-0.4, -0.2) is 18.5 Å².